The predicted molar refractivity (Wildman–Crippen MR) is 116 cm³/mol. The molecule has 4 aromatic rings. The standard InChI is InChI=1S/C23H22N4O3/c1-4-30-19-7-5-6-16(13-19)23(28)24-20-14-22-21(12-15(20)2)25-27(26-22)17-8-10-18(29-3)11-9-17/h5-14H,4H2,1-3H3,(H,24,28). The third-order valence-electron chi connectivity index (χ3n) is 4.69. The molecule has 7 nitrogen and oxygen atoms in total. The van der Waals surface area contributed by atoms with Crippen LogP contribution in [0.2, 0.25) is 0 Å². The summed E-state index contributed by atoms with van der Waals surface area (Å²) in [5, 5.41) is 12.1. The van der Waals surface area contributed by atoms with Crippen molar-refractivity contribution in [1.82, 2.24) is 15.0 Å². The number of nitrogens with zero attached hydrogens (tertiary/aromatic N) is 3. The van der Waals surface area contributed by atoms with Gasteiger partial charge in [0.1, 0.15) is 22.5 Å². The summed E-state index contributed by atoms with van der Waals surface area (Å²) in [6, 6.07) is 18.4. The first-order valence-corrected chi connectivity index (χ1v) is 9.63. The van der Waals surface area contributed by atoms with Gasteiger partial charge >= 0.3 is 0 Å². The van der Waals surface area contributed by atoms with Crippen molar-refractivity contribution in [1.29, 1.82) is 0 Å². The van der Waals surface area contributed by atoms with Crippen LogP contribution in [0.5, 0.6) is 11.5 Å². The zero-order chi connectivity index (χ0) is 21.1. The van der Waals surface area contributed by atoms with E-state index in [1.807, 2.05) is 56.3 Å². The molecule has 0 aliphatic heterocycles. The lowest BCUT2D eigenvalue weighted by atomic mass is 10.1. The maximum Gasteiger partial charge on any atom is 0.255 e. The van der Waals surface area contributed by atoms with E-state index in [9.17, 15) is 4.79 Å². The largest absolute Gasteiger partial charge is 0.497 e. The van der Waals surface area contributed by atoms with Crippen molar-refractivity contribution in [2.45, 2.75) is 13.8 Å². The van der Waals surface area contributed by atoms with E-state index in [0.29, 0.717) is 29.1 Å². The highest BCUT2D eigenvalue weighted by Crippen LogP contribution is 2.24. The molecule has 1 amide bonds. The van der Waals surface area contributed by atoms with Gasteiger partial charge in [-0.1, -0.05) is 6.07 Å². The number of hydrogen-bond acceptors (Lipinski definition) is 5. The lowest BCUT2D eigenvalue weighted by Crippen LogP contribution is -2.13. The monoisotopic (exact) mass is 402 g/mol. The average molecular weight is 402 g/mol. The molecule has 3 aromatic carbocycles. The number of anilines is 1. The molecular weight excluding hydrogens is 380 g/mol. The molecule has 1 N–H and O–H groups in total. The predicted octanol–water partition coefficient (Wildman–Crippen LogP) is 4.39. The second-order valence-corrected chi connectivity index (χ2v) is 6.76. The smallest absolute Gasteiger partial charge is 0.255 e. The molecular formula is C23H22N4O3. The number of hydrogen-bond donors (Lipinski definition) is 1. The quantitative estimate of drug-likeness (QED) is 0.518. The third-order valence-corrected chi connectivity index (χ3v) is 4.69. The van der Waals surface area contributed by atoms with Crippen molar-refractivity contribution in [2.24, 2.45) is 0 Å². The minimum Gasteiger partial charge on any atom is -0.497 e. The molecule has 0 aliphatic rings. The van der Waals surface area contributed by atoms with Crippen LogP contribution in [-0.4, -0.2) is 34.6 Å². The first-order chi connectivity index (χ1) is 14.6. The molecule has 4 rings (SSSR count). The number of amides is 1. The number of rotatable bonds is 6. The van der Waals surface area contributed by atoms with Crippen molar-refractivity contribution >= 4 is 22.6 Å². The fourth-order valence-corrected chi connectivity index (χ4v) is 3.12. The number of carbonyl (C=O) groups is 1. The summed E-state index contributed by atoms with van der Waals surface area (Å²) in [6.45, 7) is 4.38. The second-order valence-electron chi connectivity index (χ2n) is 6.76. The van der Waals surface area contributed by atoms with E-state index in [-0.39, 0.29) is 5.91 Å². The summed E-state index contributed by atoms with van der Waals surface area (Å²) in [5.74, 6) is 1.23. The Balaban J connectivity index is 1.61. The number of nitrogens with one attached hydrogen (secondary N) is 1. The highest BCUT2D eigenvalue weighted by atomic mass is 16.5. The van der Waals surface area contributed by atoms with Crippen LogP contribution in [0.15, 0.2) is 60.7 Å². The molecule has 30 heavy (non-hydrogen) atoms. The number of aryl methyl sites for hydroxylation is 1. The van der Waals surface area contributed by atoms with Crippen LogP contribution in [0.25, 0.3) is 16.7 Å². The lowest BCUT2D eigenvalue weighted by Gasteiger charge is -2.09. The van der Waals surface area contributed by atoms with Gasteiger partial charge in [0.2, 0.25) is 0 Å². The number of benzene rings is 3. The third kappa shape index (κ3) is 3.96. The SMILES string of the molecule is CCOc1cccc(C(=O)Nc2cc3nn(-c4ccc(OC)cc4)nc3cc2C)c1. The topological polar surface area (TPSA) is 78.3 Å². The van der Waals surface area contributed by atoms with E-state index in [0.717, 1.165) is 22.5 Å². The summed E-state index contributed by atoms with van der Waals surface area (Å²) >= 11 is 0. The van der Waals surface area contributed by atoms with Crippen molar-refractivity contribution in [2.75, 3.05) is 19.0 Å². The minimum atomic E-state index is -0.207. The number of aromatic nitrogens is 3. The van der Waals surface area contributed by atoms with Gasteiger partial charge in [-0.3, -0.25) is 4.79 Å². The van der Waals surface area contributed by atoms with Crippen LogP contribution in [0, 0.1) is 6.92 Å². The Morgan fingerprint density at radius 1 is 1.00 bits per heavy atom. The Morgan fingerprint density at radius 3 is 2.43 bits per heavy atom. The summed E-state index contributed by atoms with van der Waals surface area (Å²) in [6.07, 6.45) is 0. The lowest BCUT2D eigenvalue weighted by molar-refractivity contribution is 0.102. The van der Waals surface area contributed by atoms with Gasteiger partial charge in [0, 0.05) is 11.3 Å². The highest BCUT2D eigenvalue weighted by Gasteiger charge is 2.12. The van der Waals surface area contributed by atoms with Gasteiger partial charge in [-0.25, -0.2) is 0 Å². The average Bonchev–Trinajstić information content (AvgIpc) is 3.17. The molecule has 0 radical (unpaired) electrons. The Kier molecular flexibility index (Phi) is 5.34. The fourth-order valence-electron chi connectivity index (χ4n) is 3.12. The number of ether oxygens (including phenoxy) is 2. The van der Waals surface area contributed by atoms with Gasteiger partial charge in [0.15, 0.2) is 0 Å². The molecule has 0 saturated heterocycles. The van der Waals surface area contributed by atoms with Crippen LogP contribution in [0.1, 0.15) is 22.8 Å². The van der Waals surface area contributed by atoms with Gasteiger partial charge in [0.25, 0.3) is 5.91 Å². The van der Waals surface area contributed by atoms with Crippen LogP contribution in [-0.2, 0) is 0 Å². The summed E-state index contributed by atoms with van der Waals surface area (Å²) < 4.78 is 10.7. The number of methoxy groups -OCH3 is 1. The molecule has 0 aliphatic carbocycles. The first-order valence-electron chi connectivity index (χ1n) is 9.63. The molecule has 7 heteroatoms. The molecule has 0 saturated carbocycles. The van der Waals surface area contributed by atoms with Crippen molar-refractivity contribution < 1.29 is 14.3 Å². The van der Waals surface area contributed by atoms with Gasteiger partial charge in [-0.2, -0.15) is 4.80 Å². The Hall–Kier alpha value is -3.87. The van der Waals surface area contributed by atoms with E-state index in [1.54, 1.807) is 30.1 Å². The van der Waals surface area contributed by atoms with Crippen LogP contribution < -0.4 is 14.8 Å². The van der Waals surface area contributed by atoms with Crippen LogP contribution >= 0.6 is 0 Å². The van der Waals surface area contributed by atoms with Gasteiger partial charge in [-0.15, -0.1) is 10.2 Å². The molecule has 152 valence electrons. The van der Waals surface area contributed by atoms with E-state index in [2.05, 4.69) is 15.5 Å². The Bertz CT molecular complexity index is 1200. The van der Waals surface area contributed by atoms with E-state index >= 15 is 0 Å². The first kappa shape index (κ1) is 19.4. The van der Waals surface area contributed by atoms with Crippen LogP contribution in [0.3, 0.4) is 0 Å². The van der Waals surface area contributed by atoms with Gasteiger partial charge in [-0.05, 0) is 74.0 Å². The van der Waals surface area contributed by atoms with E-state index in [1.165, 1.54) is 0 Å². The Morgan fingerprint density at radius 2 is 1.73 bits per heavy atom. The normalized spacial score (nSPS) is 10.8. The van der Waals surface area contributed by atoms with Gasteiger partial charge in [0.05, 0.1) is 19.4 Å². The molecule has 1 aromatic heterocycles. The molecule has 1 heterocycles. The van der Waals surface area contributed by atoms with Crippen molar-refractivity contribution in [3.8, 4) is 17.2 Å². The summed E-state index contributed by atoms with van der Waals surface area (Å²) in [7, 11) is 1.63. The number of fused-ring (bicyclic) bond motifs is 1. The minimum absolute atomic E-state index is 0.207. The van der Waals surface area contributed by atoms with Crippen LogP contribution in [0.4, 0.5) is 5.69 Å². The van der Waals surface area contributed by atoms with Crippen molar-refractivity contribution in [3.05, 3.63) is 71.8 Å². The highest BCUT2D eigenvalue weighted by molar-refractivity contribution is 6.05. The fraction of sp³-hybridized carbons (Fsp3) is 0.174. The van der Waals surface area contributed by atoms with Crippen molar-refractivity contribution in [3.63, 3.8) is 0 Å². The zero-order valence-electron chi connectivity index (χ0n) is 17.0. The summed E-state index contributed by atoms with van der Waals surface area (Å²) in [5.41, 5.74) is 4.38. The van der Waals surface area contributed by atoms with Gasteiger partial charge < -0.3 is 14.8 Å². The maximum absolute atomic E-state index is 12.7. The molecule has 0 atom stereocenters. The molecule has 0 spiro atoms. The van der Waals surface area contributed by atoms with E-state index in [4.69, 9.17) is 9.47 Å². The molecule has 0 bridgehead atoms. The maximum atomic E-state index is 12.7. The molecule has 0 unspecified atom stereocenters. The number of carbonyl (C=O) groups excluding carboxylic acids is 1. The van der Waals surface area contributed by atoms with E-state index < -0.39 is 0 Å². The second kappa shape index (κ2) is 8.24. The summed E-state index contributed by atoms with van der Waals surface area (Å²) in [4.78, 5) is 14.3. The molecule has 0 fully saturated rings. The zero-order valence-corrected chi connectivity index (χ0v) is 17.0. The Labute approximate surface area is 174 Å².